The molecule has 3 aromatic rings. The molecule has 5 rings (SSSR count). The van der Waals surface area contributed by atoms with E-state index in [1.54, 1.807) is 35.7 Å². The maximum atomic E-state index is 14.7. The maximum Gasteiger partial charge on any atom is 0.300 e. The zero-order chi connectivity index (χ0) is 23.3. The molecule has 1 saturated heterocycles. The van der Waals surface area contributed by atoms with Gasteiger partial charge in [-0.2, -0.15) is 0 Å². The number of aliphatic hydroxyl groups excluding tert-OH is 1. The minimum absolute atomic E-state index is 0.162. The third-order valence-electron chi connectivity index (χ3n) is 5.75. The number of halogens is 2. The maximum absolute atomic E-state index is 14.7. The molecule has 0 saturated carbocycles. The molecule has 1 amide bonds. The van der Waals surface area contributed by atoms with Gasteiger partial charge in [-0.1, -0.05) is 6.07 Å². The SMILES string of the molecule is CN1CCOc2ccc(/C(O)=C3/C(=O)C(=O)N(c4ccc(F)cc4F)C3c3cccs3)cc21. The van der Waals surface area contributed by atoms with Gasteiger partial charge in [-0.15, -0.1) is 11.3 Å². The summed E-state index contributed by atoms with van der Waals surface area (Å²) >= 11 is 1.26. The number of fused-ring (bicyclic) bond motifs is 1. The lowest BCUT2D eigenvalue weighted by molar-refractivity contribution is -0.132. The second-order valence-corrected chi connectivity index (χ2v) is 8.71. The number of ether oxygens (including phenoxy) is 1. The third kappa shape index (κ3) is 3.45. The highest BCUT2D eigenvalue weighted by atomic mass is 32.1. The number of Topliss-reactive ketones (excluding diaryl/α,β-unsaturated/α-hetero) is 1. The molecule has 1 N–H and O–H groups in total. The monoisotopic (exact) mass is 468 g/mol. The largest absolute Gasteiger partial charge is 0.507 e. The Morgan fingerprint density at radius 2 is 1.94 bits per heavy atom. The predicted molar refractivity (Wildman–Crippen MR) is 121 cm³/mol. The Balaban J connectivity index is 1.69. The minimum atomic E-state index is -1.06. The van der Waals surface area contributed by atoms with Gasteiger partial charge in [0.25, 0.3) is 11.7 Å². The molecule has 1 aromatic heterocycles. The molecular formula is C24H18F2N2O4S. The van der Waals surface area contributed by atoms with Crippen LogP contribution in [-0.4, -0.2) is 37.0 Å². The van der Waals surface area contributed by atoms with Gasteiger partial charge in [-0.25, -0.2) is 8.78 Å². The van der Waals surface area contributed by atoms with Crippen molar-refractivity contribution < 1.29 is 28.2 Å². The molecule has 2 aliphatic rings. The van der Waals surface area contributed by atoms with Crippen molar-refractivity contribution in [3.63, 3.8) is 0 Å². The Bertz CT molecular complexity index is 1310. The van der Waals surface area contributed by atoms with Crippen molar-refractivity contribution >= 4 is 40.2 Å². The molecule has 3 heterocycles. The van der Waals surface area contributed by atoms with E-state index in [9.17, 15) is 23.5 Å². The first-order valence-corrected chi connectivity index (χ1v) is 11.0. The first-order chi connectivity index (χ1) is 15.9. The summed E-state index contributed by atoms with van der Waals surface area (Å²) in [4.78, 5) is 29.6. The van der Waals surface area contributed by atoms with Crippen molar-refractivity contribution in [2.75, 3.05) is 30.0 Å². The van der Waals surface area contributed by atoms with Crippen LogP contribution in [0.4, 0.5) is 20.2 Å². The van der Waals surface area contributed by atoms with Crippen molar-refractivity contribution in [2.45, 2.75) is 6.04 Å². The van der Waals surface area contributed by atoms with Crippen LogP contribution in [0.3, 0.4) is 0 Å². The summed E-state index contributed by atoms with van der Waals surface area (Å²) in [6, 6.07) is 10.1. The number of ketones is 1. The smallest absolute Gasteiger partial charge is 0.300 e. The van der Waals surface area contributed by atoms with Crippen LogP contribution in [0.5, 0.6) is 5.75 Å². The number of rotatable bonds is 3. The highest BCUT2D eigenvalue weighted by Crippen LogP contribution is 2.45. The van der Waals surface area contributed by atoms with E-state index in [1.165, 1.54) is 11.3 Å². The number of likely N-dealkylation sites (N-methyl/N-ethyl adjacent to an activating group) is 1. The van der Waals surface area contributed by atoms with E-state index in [2.05, 4.69) is 0 Å². The second-order valence-electron chi connectivity index (χ2n) is 7.73. The van der Waals surface area contributed by atoms with Gasteiger partial charge in [0.15, 0.2) is 0 Å². The van der Waals surface area contributed by atoms with Gasteiger partial charge in [0.1, 0.15) is 35.8 Å². The zero-order valence-electron chi connectivity index (χ0n) is 17.4. The Morgan fingerprint density at radius 3 is 2.67 bits per heavy atom. The van der Waals surface area contributed by atoms with Crippen LogP contribution < -0.4 is 14.5 Å². The number of carbonyl (C=O) groups excluding carboxylic acids is 2. The number of anilines is 2. The average Bonchev–Trinajstić information content (AvgIpc) is 3.41. The number of carbonyl (C=O) groups is 2. The Morgan fingerprint density at radius 1 is 1.12 bits per heavy atom. The standard InChI is InChI=1S/C24H18F2N2O4S/c1-27-8-9-32-18-7-4-13(11-17(18)27)22(29)20-21(19-3-2-10-33-19)28(24(31)23(20)30)16-6-5-14(25)12-15(16)26/h2-7,10-12,21,29H,8-9H2,1H3/b22-20-. The molecule has 1 atom stereocenters. The summed E-state index contributed by atoms with van der Waals surface area (Å²) in [6.45, 7) is 1.18. The summed E-state index contributed by atoms with van der Waals surface area (Å²) in [5, 5.41) is 13.0. The number of hydrogen-bond donors (Lipinski definition) is 1. The Labute approximate surface area is 191 Å². The number of thiophene rings is 1. The number of nitrogens with zero attached hydrogens (tertiary/aromatic N) is 2. The molecule has 2 aliphatic heterocycles. The zero-order valence-corrected chi connectivity index (χ0v) is 18.2. The van der Waals surface area contributed by atoms with E-state index in [-0.39, 0.29) is 17.0 Å². The van der Waals surface area contributed by atoms with Gasteiger partial charge >= 0.3 is 0 Å². The molecule has 168 valence electrons. The second kappa shape index (κ2) is 8.00. The quantitative estimate of drug-likeness (QED) is 0.349. The van der Waals surface area contributed by atoms with Crippen LogP contribution in [0.25, 0.3) is 5.76 Å². The number of hydrogen-bond acceptors (Lipinski definition) is 6. The molecule has 33 heavy (non-hydrogen) atoms. The molecule has 0 radical (unpaired) electrons. The fourth-order valence-corrected chi connectivity index (χ4v) is 4.95. The van der Waals surface area contributed by atoms with E-state index in [0.717, 1.165) is 22.7 Å². The molecule has 6 nitrogen and oxygen atoms in total. The Kier molecular flexibility index (Phi) is 5.13. The lowest BCUT2D eigenvalue weighted by Gasteiger charge is -2.28. The van der Waals surface area contributed by atoms with Crippen molar-refractivity contribution in [1.82, 2.24) is 0 Å². The summed E-state index contributed by atoms with van der Waals surface area (Å²) in [7, 11) is 1.88. The van der Waals surface area contributed by atoms with Gasteiger partial charge in [-0.05, 0) is 41.8 Å². The molecule has 0 aliphatic carbocycles. The molecule has 2 aromatic carbocycles. The van der Waals surface area contributed by atoms with Crippen LogP contribution in [0.2, 0.25) is 0 Å². The lowest BCUT2D eigenvalue weighted by atomic mass is 9.99. The first kappa shape index (κ1) is 21.1. The molecule has 9 heteroatoms. The van der Waals surface area contributed by atoms with Crippen LogP contribution in [0.15, 0.2) is 59.5 Å². The van der Waals surface area contributed by atoms with Gasteiger partial charge in [0.05, 0.1) is 23.5 Å². The highest BCUT2D eigenvalue weighted by molar-refractivity contribution is 7.10. The van der Waals surface area contributed by atoms with E-state index in [1.807, 2.05) is 11.9 Å². The van der Waals surface area contributed by atoms with E-state index >= 15 is 0 Å². The molecule has 1 fully saturated rings. The fraction of sp³-hybridized carbons (Fsp3) is 0.167. The molecule has 0 spiro atoms. The normalized spacial score (nSPS) is 19.5. The fourth-order valence-electron chi connectivity index (χ4n) is 4.13. The summed E-state index contributed by atoms with van der Waals surface area (Å²) < 4.78 is 33.8. The molecule has 1 unspecified atom stereocenters. The van der Waals surface area contributed by atoms with Crippen molar-refractivity contribution in [1.29, 1.82) is 0 Å². The topological polar surface area (TPSA) is 70.1 Å². The van der Waals surface area contributed by atoms with E-state index < -0.39 is 29.4 Å². The minimum Gasteiger partial charge on any atom is -0.507 e. The van der Waals surface area contributed by atoms with Crippen LogP contribution in [0, 0.1) is 11.6 Å². The average molecular weight is 468 g/mol. The van der Waals surface area contributed by atoms with Crippen molar-refractivity contribution in [3.8, 4) is 5.75 Å². The van der Waals surface area contributed by atoms with Gasteiger partial charge in [0, 0.05) is 23.6 Å². The van der Waals surface area contributed by atoms with Gasteiger partial charge < -0.3 is 14.7 Å². The van der Waals surface area contributed by atoms with Crippen LogP contribution >= 0.6 is 11.3 Å². The van der Waals surface area contributed by atoms with Gasteiger partial charge in [-0.3, -0.25) is 14.5 Å². The summed E-state index contributed by atoms with van der Waals surface area (Å²) in [6.07, 6.45) is 0. The van der Waals surface area contributed by atoms with Crippen molar-refractivity contribution in [3.05, 3.63) is 81.6 Å². The van der Waals surface area contributed by atoms with Crippen molar-refractivity contribution in [2.24, 2.45) is 0 Å². The van der Waals surface area contributed by atoms with E-state index in [0.29, 0.717) is 35.4 Å². The molecular weight excluding hydrogens is 450 g/mol. The lowest BCUT2D eigenvalue weighted by Crippen LogP contribution is -2.30. The van der Waals surface area contributed by atoms with Gasteiger partial charge in [0.2, 0.25) is 0 Å². The number of aliphatic hydroxyl groups is 1. The van der Waals surface area contributed by atoms with E-state index in [4.69, 9.17) is 4.74 Å². The van der Waals surface area contributed by atoms with Crippen LogP contribution in [0.1, 0.15) is 16.5 Å². The first-order valence-electron chi connectivity index (χ1n) is 10.1. The number of benzene rings is 2. The summed E-state index contributed by atoms with van der Waals surface area (Å²) in [5.41, 5.74) is 0.655. The number of amides is 1. The predicted octanol–water partition coefficient (Wildman–Crippen LogP) is 4.48. The Hall–Kier alpha value is -3.72. The summed E-state index contributed by atoms with van der Waals surface area (Å²) in [5.74, 6) is -3.47. The highest BCUT2D eigenvalue weighted by Gasteiger charge is 2.48. The van der Waals surface area contributed by atoms with Crippen LogP contribution in [-0.2, 0) is 9.59 Å². The third-order valence-corrected chi connectivity index (χ3v) is 6.68. The molecule has 0 bridgehead atoms.